The molecule has 0 radical (unpaired) electrons. The molecule has 0 saturated heterocycles. The van der Waals surface area contributed by atoms with Crippen molar-refractivity contribution in [2.75, 3.05) is 26.4 Å². The standard InChI is InChI=1S/C28H54O5/c1-3-5-7-9-11-13-15-17-19-26(20-18-16-14-12-10-8-6-4-2)21-27(32)33-25-28(22-29,23-30)24-31/h21,29-31H,3-20,22-25H2,1-2H3. The van der Waals surface area contributed by atoms with Gasteiger partial charge in [0.25, 0.3) is 0 Å². The van der Waals surface area contributed by atoms with Gasteiger partial charge in [-0.05, 0) is 25.7 Å². The average Bonchev–Trinajstić information content (AvgIpc) is 2.83. The van der Waals surface area contributed by atoms with Crippen molar-refractivity contribution in [2.45, 2.75) is 129 Å². The summed E-state index contributed by atoms with van der Waals surface area (Å²) in [7, 11) is 0. The maximum absolute atomic E-state index is 12.4. The highest BCUT2D eigenvalue weighted by Gasteiger charge is 2.29. The topological polar surface area (TPSA) is 87.0 Å². The van der Waals surface area contributed by atoms with Crippen LogP contribution < -0.4 is 0 Å². The van der Waals surface area contributed by atoms with E-state index in [0.717, 1.165) is 31.3 Å². The van der Waals surface area contributed by atoms with Gasteiger partial charge in [0.05, 0.1) is 25.2 Å². The number of carbonyl (C=O) groups excluding carboxylic acids is 1. The highest BCUT2D eigenvalue weighted by molar-refractivity contribution is 5.82. The number of aliphatic hydroxyl groups excluding tert-OH is 3. The first kappa shape index (κ1) is 32.1. The summed E-state index contributed by atoms with van der Waals surface area (Å²) >= 11 is 0. The van der Waals surface area contributed by atoms with Gasteiger partial charge in [0.2, 0.25) is 0 Å². The van der Waals surface area contributed by atoms with E-state index >= 15 is 0 Å². The SMILES string of the molecule is CCCCCCCCCCC(=CC(=O)OCC(CO)(CO)CO)CCCCCCCCCC. The second kappa shape index (κ2) is 22.9. The fourth-order valence-electron chi connectivity index (χ4n) is 3.96. The molecule has 0 aromatic heterocycles. The summed E-state index contributed by atoms with van der Waals surface area (Å²) in [4.78, 5) is 12.4. The molecule has 3 N–H and O–H groups in total. The van der Waals surface area contributed by atoms with Crippen LogP contribution in [0.5, 0.6) is 0 Å². The molecule has 0 aliphatic heterocycles. The Morgan fingerprint density at radius 3 is 1.36 bits per heavy atom. The maximum atomic E-state index is 12.4. The predicted octanol–water partition coefficient (Wildman–Crippen LogP) is 6.48. The summed E-state index contributed by atoms with van der Waals surface area (Å²) in [5.74, 6) is -0.441. The number of ether oxygens (including phenoxy) is 1. The number of aliphatic hydroxyl groups is 3. The minimum Gasteiger partial charge on any atom is -0.462 e. The van der Waals surface area contributed by atoms with Crippen molar-refractivity contribution in [3.8, 4) is 0 Å². The normalized spacial score (nSPS) is 11.5. The Labute approximate surface area is 204 Å². The van der Waals surface area contributed by atoms with Gasteiger partial charge in [0.15, 0.2) is 0 Å². The molecule has 0 bridgehead atoms. The van der Waals surface area contributed by atoms with E-state index in [4.69, 9.17) is 4.74 Å². The number of hydrogen-bond acceptors (Lipinski definition) is 5. The zero-order valence-electron chi connectivity index (χ0n) is 21.8. The van der Waals surface area contributed by atoms with Crippen LogP contribution in [0, 0.1) is 5.41 Å². The zero-order valence-corrected chi connectivity index (χ0v) is 21.8. The van der Waals surface area contributed by atoms with Crippen LogP contribution in [0.25, 0.3) is 0 Å². The summed E-state index contributed by atoms with van der Waals surface area (Å²) in [6.07, 6.45) is 23.7. The van der Waals surface area contributed by atoms with Gasteiger partial charge in [0, 0.05) is 6.08 Å². The van der Waals surface area contributed by atoms with E-state index in [1.165, 1.54) is 89.9 Å². The first-order chi connectivity index (χ1) is 16.1. The van der Waals surface area contributed by atoms with Gasteiger partial charge in [-0.25, -0.2) is 4.79 Å². The Hall–Kier alpha value is -0.910. The van der Waals surface area contributed by atoms with E-state index in [0.29, 0.717) is 0 Å². The van der Waals surface area contributed by atoms with Crippen LogP contribution in [0.4, 0.5) is 0 Å². The number of unbranched alkanes of at least 4 members (excludes halogenated alkanes) is 14. The van der Waals surface area contributed by atoms with Crippen molar-refractivity contribution < 1.29 is 24.9 Å². The highest BCUT2D eigenvalue weighted by Crippen LogP contribution is 2.20. The van der Waals surface area contributed by atoms with Crippen molar-refractivity contribution in [1.82, 2.24) is 0 Å². The van der Waals surface area contributed by atoms with Crippen molar-refractivity contribution in [2.24, 2.45) is 5.41 Å². The van der Waals surface area contributed by atoms with E-state index in [2.05, 4.69) is 13.8 Å². The molecular formula is C28H54O5. The molecule has 0 aliphatic carbocycles. The molecule has 0 aromatic carbocycles. The van der Waals surface area contributed by atoms with Crippen LogP contribution in [0.3, 0.4) is 0 Å². The number of esters is 1. The molecule has 0 unspecified atom stereocenters. The lowest BCUT2D eigenvalue weighted by Gasteiger charge is -2.26. The monoisotopic (exact) mass is 470 g/mol. The average molecular weight is 471 g/mol. The zero-order chi connectivity index (χ0) is 24.6. The second-order valence-electron chi connectivity index (χ2n) is 9.83. The van der Waals surface area contributed by atoms with Gasteiger partial charge in [0.1, 0.15) is 6.61 Å². The summed E-state index contributed by atoms with van der Waals surface area (Å²) in [6, 6.07) is 0. The molecule has 0 atom stereocenters. The Morgan fingerprint density at radius 1 is 0.636 bits per heavy atom. The maximum Gasteiger partial charge on any atom is 0.330 e. The van der Waals surface area contributed by atoms with Crippen LogP contribution in [0.2, 0.25) is 0 Å². The van der Waals surface area contributed by atoms with Crippen molar-refractivity contribution >= 4 is 5.97 Å². The molecule has 0 amide bonds. The van der Waals surface area contributed by atoms with Crippen molar-refractivity contribution in [3.63, 3.8) is 0 Å². The van der Waals surface area contributed by atoms with Crippen LogP contribution in [0.15, 0.2) is 11.6 Å². The van der Waals surface area contributed by atoms with Crippen molar-refractivity contribution in [3.05, 3.63) is 11.6 Å². The lowest BCUT2D eigenvalue weighted by Crippen LogP contribution is -2.39. The largest absolute Gasteiger partial charge is 0.462 e. The van der Waals surface area contributed by atoms with Gasteiger partial charge in [-0.3, -0.25) is 0 Å². The molecule has 0 aliphatic rings. The van der Waals surface area contributed by atoms with E-state index in [1.54, 1.807) is 6.08 Å². The molecule has 33 heavy (non-hydrogen) atoms. The van der Waals surface area contributed by atoms with E-state index in [-0.39, 0.29) is 6.61 Å². The molecule has 0 fully saturated rings. The Bertz CT molecular complexity index is 441. The van der Waals surface area contributed by atoms with E-state index in [1.807, 2.05) is 0 Å². The fourth-order valence-corrected chi connectivity index (χ4v) is 3.96. The van der Waals surface area contributed by atoms with Crippen LogP contribution in [-0.4, -0.2) is 47.7 Å². The van der Waals surface area contributed by atoms with Crippen LogP contribution >= 0.6 is 0 Å². The smallest absolute Gasteiger partial charge is 0.330 e. The second-order valence-corrected chi connectivity index (χ2v) is 9.83. The summed E-state index contributed by atoms with van der Waals surface area (Å²) < 4.78 is 5.28. The summed E-state index contributed by atoms with van der Waals surface area (Å²) in [5.41, 5.74) is -0.0429. The third-order valence-electron chi connectivity index (χ3n) is 6.55. The molecule has 0 saturated carbocycles. The Morgan fingerprint density at radius 2 is 1.00 bits per heavy atom. The quantitative estimate of drug-likeness (QED) is 0.0853. The molecular weight excluding hydrogens is 416 g/mol. The van der Waals surface area contributed by atoms with Crippen molar-refractivity contribution in [1.29, 1.82) is 0 Å². The number of hydrogen-bond donors (Lipinski definition) is 3. The summed E-state index contributed by atoms with van der Waals surface area (Å²) in [5, 5.41) is 28.2. The molecule has 196 valence electrons. The lowest BCUT2D eigenvalue weighted by molar-refractivity contribution is -0.145. The molecule has 0 rings (SSSR count). The number of carbonyl (C=O) groups is 1. The third kappa shape index (κ3) is 18.1. The van der Waals surface area contributed by atoms with E-state index in [9.17, 15) is 20.1 Å². The first-order valence-corrected chi connectivity index (χ1v) is 13.8. The predicted molar refractivity (Wildman–Crippen MR) is 137 cm³/mol. The highest BCUT2D eigenvalue weighted by atomic mass is 16.5. The van der Waals surface area contributed by atoms with Gasteiger partial charge < -0.3 is 20.1 Å². The third-order valence-corrected chi connectivity index (χ3v) is 6.55. The van der Waals surface area contributed by atoms with Gasteiger partial charge in [-0.15, -0.1) is 0 Å². The van der Waals surface area contributed by atoms with E-state index < -0.39 is 31.2 Å². The van der Waals surface area contributed by atoms with Gasteiger partial charge >= 0.3 is 5.97 Å². The Balaban J connectivity index is 4.48. The first-order valence-electron chi connectivity index (χ1n) is 13.8. The molecule has 5 nitrogen and oxygen atoms in total. The molecule has 0 heterocycles. The summed E-state index contributed by atoms with van der Waals surface area (Å²) in [6.45, 7) is 3.00. The number of allylic oxidation sites excluding steroid dienone is 1. The molecule has 0 spiro atoms. The lowest BCUT2D eigenvalue weighted by atomic mass is 9.92. The minimum atomic E-state index is -1.18. The van der Waals surface area contributed by atoms with Gasteiger partial charge in [-0.1, -0.05) is 109 Å². The van der Waals surface area contributed by atoms with Crippen LogP contribution in [-0.2, 0) is 9.53 Å². The van der Waals surface area contributed by atoms with Gasteiger partial charge in [-0.2, -0.15) is 0 Å². The minimum absolute atomic E-state index is 0.186. The molecule has 0 aromatic rings. The number of rotatable bonds is 24. The fraction of sp³-hybridized carbons (Fsp3) is 0.893. The Kier molecular flexibility index (Phi) is 22.2. The molecule has 5 heteroatoms. The van der Waals surface area contributed by atoms with Crippen LogP contribution in [0.1, 0.15) is 129 Å².